The molecule has 1 aromatic carbocycles. The van der Waals surface area contributed by atoms with Crippen LogP contribution in [0.4, 0.5) is 5.69 Å². The van der Waals surface area contributed by atoms with Gasteiger partial charge >= 0.3 is 5.97 Å². The first-order valence-corrected chi connectivity index (χ1v) is 8.10. The van der Waals surface area contributed by atoms with E-state index >= 15 is 0 Å². The Morgan fingerprint density at radius 1 is 1.12 bits per heavy atom. The van der Waals surface area contributed by atoms with Crippen LogP contribution in [0.25, 0.3) is 0 Å². The number of aromatic nitrogens is 1. The number of hydrogen-bond acceptors (Lipinski definition) is 4. The summed E-state index contributed by atoms with van der Waals surface area (Å²) in [4.78, 5) is 23.8. The largest absolute Gasteiger partial charge is 0.619 e. The lowest BCUT2D eigenvalue weighted by Crippen LogP contribution is -2.24. The van der Waals surface area contributed by atoms with Crippen LogP contribution in [-0.2, 0) is 9.53 Å². The highest BCUT2D eigenvalue weighted by molar-refractivity contribution is 5.92. The molecule has 2 aromatic rings. The third-order valence-corrected chi connectivity index (χ3v) is 3.76. The highest BCUT2D eigenvalue weighted by atomic mass is 16.5. The summed E-state index contributed by atoms with van der Waals surface area (Å²) in [6, 6.07) is 6.83. The average molecular weight is 342 g/mol. The van der Waals surface area contributed by atoms with E-state index in [0.29, 0.717) is 16.7 Å². The number of nitrogens with one attached hydrogen (secondary N) is 1. The van der Waals surface area contributed by atoms with Crippen LogP contribution < -0.4 is 10.0 Å². The molecule has 0 aliphatic heterocycles. The van der Waals surface area contributed by atoms with Crippen LogP contribution in [0.3, 0.4) is 0 Å². The van der Waals surface area contributed by atoms with Gasteiger partial charge in [-0.15, -0.1) is 0 Å². The molecule has 1 aromatic heterocycles. The molecule has 0 unspecified atom stereocenters. The summed E-state index contributed by atoms with van der Waals surface area (Å²) < 4.78 is 5.69. The number of pyridine rings is 1. The topological polar surface area (TPSA) is 82.3 Å². The van der Waals surface area contributed by atoms with E-state index in [1.54, 1.807) is 0 Å². The van der Waals surface area contributed by atoms with Crippen molar-refractivity contribution in [2.45, 2.75) is 33.6 Å². The van der Waals surface area contributed by atoms with Gasteiger partial charge < -0.3 is 15.3 Å². The number of anilines is 1. The predicted molar refractivity (Wildman–Crippen MR) is 94.2 cm³/mol. The first-order chi connectivity index (χ1) is 11.9. The molecular formula is C19H22N2O4. The normalized spacial score (nSPS) is 10.4. The lowest BCUT2D eigenvalue weighted by molar-refractivity contribution is -0.605. The van der Waals surface area contributed by atoms with Crippen LogP contribution in [0.2, 0.25) is 0 Å². The zero-order valence-electron chi connectivity index (χ0n) is 14.7. The Morgan fingerprint density at radius 2 is 1.72 bits per heavy atom. The molecule has 0 saturated heterocycles. The van der Waals surface area contributed by atoms with Crippen LogP contribution in [-0.4, -0.2) is 18.5 Å². The second kappa shape index (κ2) is 8.28. The van der Waals surface area contributed by atoms with Gasteiger partial charge in [-0.1, -0.05) is 17.7 Å². The number of ether oxygens (including phenoxy) is 1. The van der Waals surface area contributed by atoms with E-state index in [1.807, 2.05) is 32.9 Å². The predicted octanol–water partition coefficient (Wildman–Crippen LogP) is 2.82. The van der Waals surface area contributed by atoms with Crippen LogP contribution in [0.1, 0.15) is 39.9 Å². The second-order valence-electron chi connectivity index (χ2n) is 6.01. The van der Waals surface area contributed by atoms with Crippen LogP contribution >= 0.6 is 0 Å². The highest BCUT2D eigenvalue weighted by Gasteiger charge is 2.10. The van der Waals surface area contributed by atoms with Gasteiger partial charge in [0.05, 0.1) is 12.2 Å². The fourth-order valence-corrected chi connectivity index (χ4v) is 2.61. The fraction of sp³-hybridized carbons (Fsp3) is 0.316. The molecule has 0 spiro atoms. The van der Waals surface area contributed by atoms with Crippen LogP contribution in [0.15, 0.2) is 36.7 Å². The third-order valence-electron chi connectivity index (χ3n) is 3.76. The molecule has 0 atom stereocenters. The molecule has 25 heavy (non-hydrogen) atoms. The van der Waals surface area contributed by atoms with Crippen molar-refractivity contribution >= 4 is 17.6 Å². The molecule has 0 fully saturated rings. The van der Waals surface area contributed by atoms with Crippen molar-refractivity contribution < 1.29 is 19.1 Å². The maximum absolute atomic E-state index is 12.1. The number of hydrogen-bond donors (Lipinski definition) is 1. The van der Waals surface area contributed by atoms with Crippen molar-refractivity contribution in [3.63, 3.8) is 0 Å². The van der Waals surface area contributed by atoms with E-state index in [0.717, 1.165) is 22.4 Å². The molecule has 0 saturated carbocycles. The summed E-state index contributed by atoms with van der Waals surface area (Å²) >= 11 is 0. The van der Waals surface area contributed by atoms with Gasteiger partial charge in [-0.2, -0.15) is 4.73 Å². The van der Waals surface area contributed by atoms with Crippen molar-refractivity contribution in [3.8, 4) is 0 Å². The molecule has 0 aliphatic carbocycles. The molecule has 6 nitrogen and oxygen atoms in total. The van der Waals surface area contributed by atoms with Crippen molar-refractivity contribution in [3.05, 3.63) is 64.1 Å². The number of esters is 1. The molecule has 0 aliphatic rings. The molecule has 1 amide bonds. The Hall–Kier alpha value is -2.89. The number of nitrogens with zero attached hydrogens (tertiary/aromatic N) is 1. The van der Waals surface area contributed by atoms with E-state index < -0.39 is 5.97 Å². The summed E-state index contributed by atoms with van der Waals surface area (Å²) in [5.41, 5.74) is 4.35. The number of rotatable bonds is 6. The minimum atomic E-state index is -0.508. The van der Waals surface area contributed by atoms with E-state index in [1.165, 1.54) is 24.5 Å². The molecule has 132 valence electrons. The Morgan fingerprint density at radius 3 is 2.32 bits per heavy atom. The number of carbonyl (C=O) groups excluding carboxylic acids is 2. The summed E-state index contributed by atoms with van der Waals surface area (Å²) in [5, 5.41) is 13.8. The number of carbonyl (C=O) groups is 2. The Bertz CT molecular complexity index is 746. The molecular weight excluding hydrogens is 320 g/mol. The lowest BCUT2D eigenvalue weighted by atomic mass is 10.0. The summed E-state index contributed by atoms with van der Waals surface area (Å²) in [6.45, 7) is 6.08. The van der Waals surface area contributed by atoms with Crippen LogP contribution in [0, 0.1) is 26.0 Å². The van der Waals surface area contributed by atoms with E-state index in [9.17, 15) is 14.8 Å². The fourth-order valence-electron chi connectivity index (χ4n) is 2.61. The standard InChI is InChI=1S/C19H22N2O4/c1-13-11-14(2)18(15(3)12-13)20-17(22)5-4-10-25-19(23)16-6-8-21(24)9-7-16/h6-9,11-12H,4-5,10H2,1-3H3,(H,20,22). The maximum Gasteiger partial charge on any atom is 0.338 e. The quantitative estimate of drug-likeness (QED) is 0.379. The van der Waals surface area contributed by atoms with Gasteiger partial charge in [-0.3, -0.25) is 4.79 Å². The van der Waals surface area contributed by atoms with Gasteiger partial charge in [-0.25, -0.2) is 4.79 Å². The average Bonchev–Trinajstić information content (AvgIpc) is 2.55. The van der Waals surface area contributed by atoms with Gasteiger partial charge in [0.2, 0.25) is 5.91 Å². The Balaban J connectivity index is 1.77. The summed E-state index contributed by atoms with van der Waals surface area (Å²) in [6.07, 6.45) is 3.15. The van der Waals surface area contributed by atoms with Crippen LogP contribution in [0.5, 0.6) is 0 Å². The molecule has 1 heterocycles. The smallest absolute Gasteiger partial charge is 0.338 e. The van der Waals surface area contributed by atoms with E-state index in [-0.39, 0.29) is 18.9 Å². The highest BCUT2D eigenvalue weighted by Crippen LogP contribution is 2.22. The van der Waals surface area contributed by atoms with E-state index in [2.05, 4.69) is 5.32 Å². The first kappa shape index (κ1) is 18.4. The molecule has 6 heteroatoms. The van der Waals surface area contributed by atoms with Gasteiger partial charge in [-0.05, 0) is 38.3 Å². The minimum Gasteiger partial charge on any atom is -0.619 e. The number of amides is 1. The maximum atomic E-state index is 12.1. The zero-order chi connectivity index (χ0) is 18.4. The molecule has 2 rings (SSSR count). The van der Waals surface area contributed by atoms with Gasteiger partial charge in [0.25, 0.3) is 0 Å². The number of aryl methyl sites for hydroxylation is 3. The monoisotopic (exact) mass is 342 g/mol. The van der Waals surface area contributed by atoms with E-state index in [4.69, 9.17) is 4.74 Å². The molecule has 0 radical (unpaired) electrons. The van der Waals surface area contributed by atoms with Crippen molar-refractivity contribution in [1.82, 2.24) is 0 Å². The van der Waals surface area contributed by atoms with Gasteiger partial charge in [0.15, 0.2) is 12.4 Å². The third kappa shape index (κ3) is 5.31. The van der Waals surface area contributed by atoms with Gasteiger partial charge in [0, 0.05) is 24.2 Å². The molecule has 1 N–H and O–H groups in total. The zero-order valence-corrected chi connectivity index (χ0v) is 14.7. The lowest BCUT2D eigenvalue weighted by Gasteiger charge is -2.13. The Labute approximate surface area is 147 Å². The van der Waals surface area contributed by atoms with Crippen molar-refractivity contribution in [1.29, 1.82) is 0 Å². The van der Waals surface area contributed by atoms with Gasteiger partial charge in [0.1, 0.15) is 0 Å². The Kier molecular flexibility index (Phi) is 6.11. The summed E-state index contributed by atoms with van der Waals surface area (Å²) in [5.74, 6) is -0.621. The minimum absolute atomic E-state index is 0.113. The summed E-state index contributed by atoms with van der Waals surface area (Å²) in [7, 11) is 0. The molecule has 0 bridgehead atoms. The first-order valence-electron chi connectivity index (χ1n) is 8.10. The second-order valence-corrected chi connectivity index (χ2v) is 6.01. The number of benzene rings is 1. The van der Waals surface area contributed by atoms with Crippen molar-refractivity contribution in [2.75, 3.05) is 11.9 Å². The van der Waals surface area contributed by atoms with Crippen molar-refractivity contribution in [2.24, 2.45) is 0 Å². The SMILES string of the molecule is Cc1cc(C)c(NC(=O)CCCOC(=O)c2cc[n+]([O-])cc2)c(C)c1.